The topological polar surface area (TPSA) is 82.7 Å². The third-order valence-electron chi connectivity index (χ3n) is 4.05. The van der Waals surface area contributed by atoms with E-state index in [0.29, 0.717) is 12.8 Å². The van der Waals surface area contributed by atoms with Crippen molar-refractivity contribution in [3.8, 4) is 0 Å². The Morgan fingerprint density at radius 1 is 1.20 bits per heavy atom. The number of Topliss-reactive ketones (excluding diaryl/α,β-unsaturated/α-hetero) is 1. The second kappa shape index (κ2) is 4.09. The van der Waals surface area contributed by atoms with E-state index in [1.165, 1.54) is 4.68 Å². The Labute approximate surface area is 114 Å². The van der Waals surface area contributed by atoms with Gasteiger partial charge in [0.25, 0.3) is 0 Å². The molecule has 102 valence electrons. The van der Waals surface area contributed by atoms with Crippen LogP contribution in [0.15, 0.2) is 23.4 Å². The van der Waals surface area contributed by atoms with E-state index in [4.69, 9.17) is 0 Å². The Balaban J connectivity index is 1.75. The molecule has 1 aliphatic carbocycles. The van der Waals surface area contributed by atoms with Crippen LogP contribution in [0.2, 0.25) is 0 Å². The molecule has 2 aromatic rings. The molecule has 1 aliphatic heterocycles. The van der Waals surface area contributed by atoms with Crippen LogP contribution in [0.1, 0.15) is 42.9 Å². The predicted octanol–water partition coefficient (Wildman–Crippen LogP) is 0.274. The average molecular weight is 271 g/mol. The molecule has 1 atom stereocenters. The van der Waals surface area contributed by atoms with Gasteiger partial charge in [-0.25, -0.2) is 9.48 Å². The Morgan fingerprint density at radius 2 is 2.05 bits per heavy atom. The molecule has 0 saturated heterocycles. The number of carbonyl (C=O) groups excluding carboxylic acids is 1. The molecule has 1 fully saturated rings. The number of fused-ring (bicyclic) bond motifs is 1. The first kappa shape index (κ1) is 11.5. The Morgan fingerprint density at radius 3 is 2.75 bits per heavy atom. The molecule has 7 nitrogen and oxygen atoms in total. The van der Waals surface area contributed by atoms with Crippen LogP contribution in [0.25, 0.3) is 0 Å². The number of aromatic nitrogens is 5. The van der Waals surface area contributed by atoms with Crippen molar-refractivity contribution in [1.82, 2.24) is 24.3 Å². The maximum absolute atomic E-state index is 12.5. The molecule has 20 heavy (non-hydrogen) atoms. The van der Waals surface area contributed by atoms with Gasteiger partial charge in [-0.2, -0.15) is 5.10 Å². The van der Waals surface area contributed by atoms with E-state index in [1.807, 2.05) is 0 Å². The van der Waals surface area contributed by atoms with Crippen LogP contribution in [-0.2, 0) is 11.2 Å². The lowest BCUT2D eigenvalue weighted by Crippen LogP contribution is -2.36. The molecule has 0 N–H and O–H groups in total. The summed E-state index contributed by atoms with van der Waals surface area (Å²) in [7, 11) is 0. The summed E-state index contributed by atoms with van der Waals surface area (Å²) in [5.74, 6) is 0.977. The van der Waals surface area contributed by atoms with Crippen LogP contribution in [-0.4, -0.2) is 30.1 Å². The second-order valence-corrected chi connectivity index (χ2v) is 5.30. The summed E-state index contributed by atoms with van der Waals surface area (Å²) in [6.45, 7) is 0. The SMILES string of the molecule is O=C1CC(n2nc3n(c2=O)C(c2cnccn2)CC3)C1. The zero-order valence-corrected chi connectivity index (χ0v) is 10.8. The Kier molecular flexibility index (Phi) is 2.35. The zero-order valence-electron chi connectivity index (χ0n) is 10.8. The molecule has 0 amide bonds. The van der Waals surface area contributed by atoms with E-state index in [9.17, 15) is 9.59 Å². The number of nitrogens with zero attached hydrogens (tertiary/aromatic N) is 5. The van der Waals surface area contributed by atoms with Crippen molar-refractivity contribution in [2.24, 2.45) is 0 Å². The second-order valence-electron chi connectivity index (χ2n) is 5.30. The monoisotopic (exact) mass is 271 g/mol. The summed E-state index contributed by atoms with van der Waals surface area (Å²) in [5, 5.41) is 4.39. The smallest absolute Gasteiger partial charge is 0.300 e. The van der Waals surface area contributed by atoms with Crippen molar-refractivity contribution in [2.75, 3.05) is 0 Å². The number of ketones is 1. The fourth-order valence-electron chi connectivity index (χ4n) is 2.95. The van der Waals surface area contributed by atoms with E-state index in [-0.39, 0.29) is 23.6 Å². The zero-order chi connectivity index (χ0) is 13.7. The van der Waals surface area contributed by atoms with Gasteiger partial charge in [0.1, 0.15) is 11.6 Å². The van der Waals surface area contributed by atoms with Crippen molar-refractivity contribution in [3.05, 3.63) is 40.6 Å². The third kappa shape index (κ3) is 1.55. The average Bonchev–Trinajstić information content (AvgIpc) is 2.97. The number of rotatable bonds is 2. The van der Waals surface area contributed by atoms with Gasteiger partial charge in [0.2, 0.25) is 0 Å². The van der Waals surface area contributed by atoms with Gasteiger partial charge in [-0.3, -0.25) is 19.3 Å². The number of hydrogen-bond donors (Lipinski definition) is 0. The minimum atomic E-state index is -0.134. The quantitative estimate of drug-likeness (QED) is 0.783. The third-order valence-corrected chi connectivity index (χ3v) is 4.05. The lowest BCUT2D eigenvalue weighted by molar-refractivity contribution is -0.126. The van der Waals surface area contributed by atoms with Crippen molar-refractivity contribution in [2.45, 2.75) is 37.8 Å². The number of aryl methyl sites for hydroxylation is 1. The maximum atomic E-state index is 12.5. The lowest BCUT2D eigenvalue weighted by atomic mass is 9.92. The van der Waals surface area contributed by atoms with Gasteiger partial charge < -0.3 is 0 Å². The minimum absolute atomic E-state index is 0.0596. The summed E-state index contributed by atoms with van der Waals surface area (Å²) in [4.78, 5) is 31.9. The summed E-state index contributed by atoms with van der Waals surface area (Å²) in [6.07, 6.45) is 7.36. The standard InChI is InChI=1S/C13H13N5O2/c19-9-5-8(6-9)18-13(20)17-11(1-2-12(17)16-18)10-7-14-3-4-15-10/h3-4,7-8,11H,1-2,5-6H2. The molecule has 0 spiro atoms. The van der Waals surface area contributed by atoms with E-state index < -0.39 is 0 Å². The number of carbonyl (C=O) groups is 1. The summed E-state index contributed by atoms with van der Waals surface area (Å²) in [5.41, 5.74) is 0.656. The highest BCUT2D eigenvalue weighted by Gasteiger charge is 2.35. The molecule has 1 saturated carbocycles. The highest BCUT2D eigenvalue weighted by Crippen LogP contribution is 2.30. The van der Waals surface area contributed by atoms with Gasteiger partial charge in [-0.05, 0) is 6.42 Å². The van der Waals surface area contributed by atoms with Crippen LogP contribution in [0.5, 0.6) is 0 Å². The van der Waals surface area contributed by atoms with E-state index in [2.05, 4.69) is 15.1 Å². The Bertz CT molecular complexity index is 725. The normalized spacial score (nSPS) is 21.8. The summed E-state index contributed by atoms with van der Waals surface area (Å²) in [6, 6.07) is -0.147. The number of hydrogen-bond acceptors (Lipinski definition) is 5. The molecule has 7 heteroatoms. The van der Waals surface area contributed by atoms with Crippen molar-refractivity contribution < 1.29 is 4.79 Å². The van der Waals surface area contributed by atoms with Crippen molar-refractivity contribution >= 4 is 5.78 Å². The summed E-state index contributed by atoms with van der Waals surface area (Å²) >= 11 is 0. The van der Waals surface area contributed by atoms with Gasteiger partial charge in [-0.1, -0.05) is 0 Å². The molecule has 2 aliphatic rings. The molecule has 2 aromatic heterocycles. The van der Waals surface area contributed by atoms with E-state index in [0.717, 1.165) is 24.4 Å². The van der Waals surface area contributed by atoms with E-state index >= 15 is 0 Å². The van der Waals surface area contributed by atoms with Crippen LogP contribution >= 0.6 is 0 Å². The molecular formula is C13H13N5O2. The highest BCUT2D eigenvalue weighted by atomic mass is 16.2. The fourth-order valence-corrected chi connectivity index (χ4v) is 2.95. The van der Waals surface area contributed by atoms with Gasteiger partial charge in [0.05, 0.1) is 24.0 Å². The molecule has 0 aromatic carbocycles. The van der Waals surface area contributed by atoms with E-state index in [1.54, 1.807) is 23.2 Å². The lowest BCUT2D eigenvalue weighted by Gasteiger charge is -2.23. The van der Waals surface area contributed by atoms with Crippen LogP contribution in [0.3, 0.4) is 0 Å². The first-order chi connectivity index (χ1) is 9.74. The maximum Gasteiger partial charge on any atom is 0.346 e. The van der Waals surface area contributed by atoms with Crippen LogP contribution < -0.4 is 5.69 Å². The van der Waals surface area contributed by atoms with Crippen molar-refractivity contribution in [1.29, 1.82) is 0 Å². The predicted molar refractivity (Wildman–Crippen MR) is 68.3 cm³/mol. The first-order valence-corrected chi connectivity index (χ1v) is 6.71. The van der Waals surface area contributed by atoms with Crippen LogP contribution in [0.4, 0.5) is 0 Å². The molecular weight excluding hydrogens is 258 g/mol. The fraction of sp³-hybridized carbons (Fsp3) is 0.462. The summed E-state index contributed by atoms with van der Waals surface area (Å²) < 4.78 is 3.17. The minimum Gasteiger partial charge on any atom is -0.300 e. The van der Waals surface area contributed by atoms with Gasteiger partial charge in [-0.15, -0.1) is 0 Å². The highest BCUT2D eigenvalue weighted by molar-refractivity contribution is 5.85. The van der Waals surface area contributed by atoms with Crippen molar-refractivity contribution in [3.63, 3.8) is 0 Å². The molecule has 0 radical (unpaired) electrons. The van der Waals surface area contributed by atoms with Gasteiger partial charge in [0.15, 0.2) is 0 Å². The van der Waals surface area contributed by atoms with Gasteiger partial charge in [0, 0.05) is 31.7 Å². The first-order valence-electron chi connectivity index (χ1n) is 6.71. The molecule has 4 rings (SSSR count). The largest absolute Gasteiger partial charge is 0.346 e. The molecule has 1 unspecified atom stereocenters. The van der Waals surface area contributed by atoms with Crippen LogP contribution in [0, 0.1) is 0 Å². The molecule has 3 heterocycles. The Hall–Kier alpha value is -2.31. The molecule has 0 bridgehead atoms. The van der Waals surface area contributed by atoms with Gasteiger partial charge >= 0.3 is 5.69 Å².